The number of nitrogens with two attached hydrogens (primary N) is 1. The van der Waals surface area contributed by atoms with Crippen LogP contribution in [0.3, 0.4) is 0 Å². The number of para-hydroxylation sites is 1. The quantitative estimate of drug-likeness (QED) is 0.247. The second kappa shape index (κ2) is 11.7. The van der Waals surface area contributed by atoms with E-state index in [2.05, 4.69) is 15.6 Å². The van der Waals surface area contributed by atoms with E-state index in [9.17, 15) is 29.1 Å². The summed E-state index contributed by atoms with van der Waals surface area (Å²) in [6, 6.07) is 3.24. The number of aromatic amines is 1. The maximum atomic E-state index is 13.2. The van der Waals surface area contributed by atoms with Crippen LogP contribution in [-0.2, 0) is 30.4 Å². The standard InChI is InChI=1S/C24H31N5O7/c1-13(24(35)36)27-21(32)18(11-14-12-26-17-6-3-2-5-15(14)17)28-22(33)19-7-4-10-29(19)23(34)16(25)8-9-20(30)31/h2-3,5-6,12-13,16,18-19,26H,4,7-11,25H2,1H3,(H,27,32)(H,28,33)(H,30,31)(H,35,36). The van der Waals surface area contributed by atoms with E-state index in [1.54, 1.807) is 6.20 Å². The Balaban J connectivity index is 1.77. The molecule has 4 unspecified atom stereocenters. The van der Waals surface area contributed by atoms with Crippen molar-refractivity contribution in [2.45, 2.75) is 63.2 Å². The van der Waals surface area contributed by atoms with E-state index >= 15 is 0 Å². The van der Waals surface area contributed by atoms with Crippen molar-refractivity contribution in [3.05, 3.63) is 36.0 Å². The lowest BCUT2D eigenvalue weighted by molar-refractivity contribution is -0.143. The molecule has 12 nitrogen and oxygen atoms in total. The van der Waals surface area contributed by atoms with Gasteiger partial charge in [-0.15, -0.1) is 0 Å². The van der Waals surface area contributed by atoms with Gasteiger partial charge in [0.2, 0.25) is 17.7 Å². The van der Waals surface area contributed by atoms with Gasteiger partial charge in [0.05, 0.1) is 6.04 Å². The Bertz CT molecular complexity index is 1150. The fourth-order valence-corrected chi connectivity index (χ4v) is 4.29. The van der Waals surface area contributed by atoms with E-state index in [1.807, 2.05) is 24.3 Å². The first kappa shape index (κ1) is 26.7. The molecule has 194 valence electrons. The van der Waals surface area contributed by atoms with Crippen molar-refractivity contribution < 1.29 is 34.2 Å². The molecule has 36 heavy (non-hydrogen) atoms. The van der Waals surface area contributed by atoms with Crippen LogP contribution in [0.1, 0.15) is 38.2 Å². The summed E-state index contributed by atoms with van der Waals surface area (Å²) in [6.07, 6.45) is 2.39. The van der Waals surface area contributed by atoms with Crippen molar-refractivity contribution in [2.75, 3.05) is 6.54 Å². The molecule has 0 aliphatic carbocycles. The summed E-state index contributed by atoms with van der Waals surface area (Å²) in [7, 11) is 0. The average Bonchev–Trinajstić information content (AvgIpc) is 3.49. The summed E-state index contributed by atoms with van der Waals surface area (Å²) < 4.78 is 0. The molecular formula is C24H31N5O7. The van der Waals surface area contributed by atoms with Gasteiger partial charge < -0.3 is 36.5 Å². The number of fused-ring (bicyclic) bond motifs is 1. The number of benzene rings is 1. The third-order valence-corrected chi connectivity index (χ3v) is 6.29. The van der Waals surface area contributed by atoms with Crippen molar-refractivity contribution in [1.29, 1.82) is 0 Å². The number of amides is 3. The topological polar surface area (TPSA) is 195 Å². The second-order valence-electron chi connectivity index (χ2n) is 8.92. The van der Waals surface area contributed by atoms with Gasteiger partial charge in [-0.25, -0.2) is 0 Å². The highest BCUT2D eigenvalue weighted by atomic mass is 16.4. The Hall–Kier alpha value is -3.93. The number of nitrogens with one attached hydrogen (secondary N) is 3. The molecule has 1 aromatic heterocycles. The molecular weight excluding hydrogens is 470 g/mol. The number of aromatic nitrogens is 1. The number of nitrogens with zero attached hydrogens (tertiary/aromatic N) is 1. The molecule has 3 amide bonds. The zero-order valence-electron chi connectivity index (χ0n) is 19.9. The monoisotopic (exact) mass is 501 g/mol. The summed E-state index contributed by atoms with van der Waals surface area (Å²) in [5.41, 5.74) is 7.47. The van der Waals surface area contributed by atoms with Gasteiger partial charge in [0, 0.05) is 36.5 Å². The molecule has 0 radical (unpaired) electrons. The fraction of sp³-hybridized carbons (Fsp3) is 0.458. The number of likely N-dealkylation sites (tertiary alicyclic amines) is 1. The normalized spacial score (nSPS) is 17.8. The summed E-state index contributed by atoms with van der Waals surface area (Å²) in [4.78, 5) is 65.5. The van der Waals surface area contributed by atoms with Crippen molar-refractivity contribution >= 4 is 40.6 Å². The third kappa shape index (κ3) is 6.39. The Labute approximate surface area is 207 Å². The van der Waals surface area contributed by atoms with Crippen LogP contribution in [0.4, 0.5) is 0 Å². The number of carboxylic acid groups (broad SMARTS) is 2. The molecule has 1 saturated heterocycles. The maximum Gasteiger partial charge on any atom is 0.325 e. The number of rotatable bonds is 11. The van der Waals surface area contributed by atoms with Gasteiger partial charge in [-0.2, -0.15) is 0 Å². The predicted molar refractivity (Wildman–Crippen MR) is 129 cm³/mol. The van der Waals surface area contributed by atoms with Crippen molar-refractivity contribution in [3.63, 3.8) is 0 Å². The highest BCUT2D eigenvalue weighted by molar-refractivity contribution is 5.95. The van der Waals surface area contributed by atoms with Gasteiger partial charge in [0.15, 0.2) is 0 Å². The van der Waals surface area contributed by atoms with Crippen LogP contribution < -0.4 is 16.4 Å². The molecule has 4 atom stereocenters. The van der Waals surface area contributed by atoms with Crippen LogP contribution in [0.25, 0.3) is 10.9 Å². The van der Waals surface area contributed by atoms with Gasteiger partial charge >= 0.3 is 11.9 Å². The molecule has 2 aromatic rings. The minimum Gasteiger partial charge on any atom is -0.481 e. The molecule has 1 fully saturated rings. The lowest BCUT2D eigenvalue weighted by Crippen LogP contribution is -2.56. The van der Waals surface area contributed by atoms with E-state index in [1.165, 1.54) is 11.8 Å². The van der Waals surface area contributed by atoms with Crippen molar-refractivity contribution in [2.24, 2.45) is 5.73 Å². The zero-order valence-corrected chi connectivity index (χ0v) is 19.9. The van der Waals surface area contributed by atoms with Crippen LogP contribution >= 0.6 is 0 Å². The smallest absolute Gasteiger partial charge is 0.325 e. The van der Waals surface area contributed by atoms with Crippen LogP contribution in [0.2, 0.25) is 0 Å². The molecule has 7 N–H and O–H groups in total. The van der Waals surface area contributed by atoms with Gasteiger partial charge in [0.25, 0.3) is 0 Å². The lowest BCUT2D eigenvalue weighted by Gasteiger charge is -2.28. The van der Waals surface area contributed by atoms with Crippen LogP contribution in [0, 0.1) is 0 Å². The van der Waals surface area contributed by atoms with Crippen LogP contribution in [0.15, 0.2) is 30.5 Å². The maximum absolute atomic E-state index is 13.2. The minimum absolute atomic E-state index is 0.0579. The Morgan fingerprint density at radius 2 is 1.89 bits per heavy atom. The number of H-pyrrole nitrogens is 1. The van der Waals surface area contributed by atoms with Crippen molar-refractivity contribution in [1.82, 2.24) is 20.5 Å². The van der Waals surface area contributed by atoms with Gasteiger partial charge in [-0.3, -0.25) is 24.0 Å². The van der Waals surface area contributed by atoms with Crippen LogP contribution in [-0.4, -0.2) is 80.5 Å². The summed E-state index contributed by atoms with van der Waals surface area (Å²) in [6.45, 7) is 1.60. The molecule has 12 heteroatoms. The molecule has 0 spiro atoms. The highest BCUT2D eigenvalue weighted by Crippen LogP contribution is 2.21. The number of aliphatic carboxylic acids is 2. The van der Waals surface area contributed by atoms with Gasteiger partial charge in [0.1, 0.15) is 18.1 Å². The van der Waals surface area contributed by atoms with Crippen molar-refractivity contribution in [3.8, 4) is 0 Å². The van der Waals surface area contributed by atoms with E-state index in [0.29, 0.717) is 12.8 Å². The average molecular weight is 502 g/mol. The number of hydrogen-bond acceptors (Lipinski definition) is 6. The summed E-state index contributed by atoms with van der Waals surface area (Å²) in [5.74, 6) is -4.04. The molecule has 0 saturated carbocycles. The van der Waals surface area contributed by atoms with Gasteiger partial charge in [-0.05, 0) is 37.8 Å². The molecule has 1 aliphatic rings. The summed E-state index contributed by atoms with van der Waals surface area (Å²) >= 11 is 0. The summed E-state index contributed by atoms with van der Waals surface area (Å²) in [5, 5.41) is 24.0. The molecule has 1 aromatic carbocycles. The molecule has 1 aliphatic heterocycles. The lowest BCUT2D eigenvalue weighted by atomic mass is 10.0. The van der Waals surface area contributed by atoms with Gasteiger partial charge in [-0.1, -0.05) is 18.2 Å². The van der Waals surface area contributed by atoms with E-state index in [4.69, 9.17) is 10.8 Å². The fourth-order valence-electron chi connectivity index (χ4n) is 4.29. The largest absolute Gasteiger partial charge is 0.481 e. The van der Waals surface area contributed by atoms with E-state index in [-0.39, 0.29) is 25.8 Å². The molecule has 2 heterocycles. The molecule has 3 rings (SSSR count). The SMILES string of the molecule is CC(NC(=O)C(Cc1c[nH]c2ccccc12)NC(=O)C1CCCN1C(=O)C(N)CCC(=O)O)C(=O)O. The third-order valence-electron chi connectivity index (χ3n) is 6.29. The Morgan fingerprint density at radius 1 is 1.17 bits per heavy atom. The minimum atomic E-state index is -1.22. The number of carboxylic acids is 2. The predicted octanol–water partition coefficient (Wildman–Crippen LogP) is -0.0324. The van der Waals surface area contributed by atoms with E-state index in [0.717, 1.165) is 16.5 Å². The first-order valence-electron chi connectivity index (χ1n) is 11.7. The Morgan fingerprint density at radius 3 is 2.58 bits per heavy atom. The van der Waals surface area contributed by atoms with E-state index < -0.39 is 53.8 Å². The number of carbonyl (C=O) groups excluding carboxylic acids is 3. The first-order valence-corrected chi connectivity index (χ1v) is 11.7. The Kier molecular flexibility index (Phi) is 8.64. The number of hydrogen-bond donors (Lipinski definition) is 6. The highest BCUT2D eigenvalue weighted by Gasteiger charge is 2.38. The molecule has 0 bridgehead atoms. The number of carbonyl (C=O) groups is 5. The first-order chi connectivity index (χ1) is 17.1. The second-order valence-corrected chi connectivity index (χ2v) is 8.92. The zero-order chi connectivity index (χ0) is 26.4. The van der Waals surface area contributed by atoms with Crippen LogP contribution in [0.5, 0.6) is 0 Å².